The molecule has 28 heavy (non-hydrogen) atoms. The van der Waals surface area contributed by atoms with Crippen LogP contribution in [-0.2, 0) is 7.05 Å². The van der Waals surface area contributed by atoms with Gasteiger partial charge < -0.3 is 10.2 Å². The molecule has 2 unspecified atom stereocenters. The molecule has 3 heterocycles. The largest absolute Gasteiger partial charge is 0.401 e. The molecule has 160 valence electrons. The summed E-state index contributed by atoms with van der Waals surface area (Å²) in [4.78, 5) is 8.49. The lowest BCUT2D eigenvalue weighted by Gasteiger charge is -2.22. The van der Waals surface area contributed by atoms with Crippen molar-refractivity contribution in [1.82, 2.24) is 24.9 Å². The van der Waals surface area contributed by atoms with Crippen molar-refractivity contribution in [1.29, 1.82) is 0 Å². The van der Waals surface area contributed by atoms with E-state index in [2.05, 4.69) is 21.5 Å². The fourth-order valence-corrected chi connectivity index (χ4v) is 3.98. The summed E-state index contributed by atoms with van der Waals surface area (Å²) in [6.45, 7) is 5.36. The lowest BCUT2D eigenvalue weighted by Crippen LogP contribution is -2.40. The molecule has 1 aromatic rings. The molecule has 0 spiro atoms. The maximum Gasteiger partial charge on any atom is 0.401 e. The predicted octanol–water partition coefficient (Wildman–Crippen LogP) is 2.68. The number of hydrogen-bond acceptors (Lipinski definition) is 3. The molecule has 6 nitrogen and oxygen atoms in total. The van der Waals surface area contributed by atoms with Crippen molar-refractivity contribution >= 4 is 29.9 Å². The van der Waals surface area contributed by atoms with Crippen molar-refractivity contribution in [2.75, 3.05) is 45.8 Å². The van der Waals surface area contributed by atoms with E-state index in [1.54, 1.807) is 0 Å². The molecule has 2 aliphatic rings. The summed E-state index contributed by atoms with van der Waals surface area (Å²) in [6.07, 6.45) is 1.69. The van der Waals surface area contributed by atoms with Crippen LogP contribution in [0, 0.1) is 5.92 Å². The van der Waals surface area contributed by atoms with Gasteiger partial charge >= 0.3 is 6.18 Å². The van der Waals surface area contributed by atoms with Crippen LogP contribution in [-0.4, -0.2) is 77.5 Å². The number of halogens is 4. The minimum absolute atomic E-state index is 0. The number of likely N-dealkylation sites (tertiary alicyclic amines) is 2. The molecule has 1 N–H and O–H groups in total. The van der Waals surface area contributed by atoms with Crippen LogP contribution < -0.4 is 5.32 Å². The summed E-state index contributed by atoms with van der Waals surface area (Å²) in [5.41, 5.74) is 1.24. The molecule has 1 aromatic heterocycles. The first kappa shape index (κ1) is 23.2. The molecular weight excluding hydrogens is 484 g/mol. The van der Waals surface area contributed by atoms with E-state index in [9.17, 15) is 13.2 Å². The lowest BCUT2D eigenvalue weighted by atomic mass is 10.0. The van der Waals surface area contributed by atoms with E-state index in [4.69, 9.17) is 4.99 Å². The molecule has 0 aromatic carbocycles. The molecule has 0 bridgehead atoms. The van der Waals surface area contributed by atoms with E-state index in [0.29, 0.717) is 25.6 Å². The highest BCUT2D eigenvalue weighted by atomic mass is 127. The SMILES string of the molecule is CCNC(=NCC1CCN(CC(F)(F)F)C1)N1CCC(c2cnn(C)c2)C1.I. The third-order valence-electron chi connectivity index (χ3n) is 5.29. The first-order chi connectivity index (χ1) is 12.8. The number of hydrogen-bond donors (Lipinski definition) is 1. The standard InChI is InChI=1S/C18H29F3N6.HI/c1-3-22-17(23-8-14-4-6-26(10-14)13-18(19,20)21)27-7-5-15(12-27)16-9-24-25(2)11-16;/h9,11,14-15H,3-8,10,12-13H2,1-2H3,(H,22,23);1H. The molecule has 0 radical (unpaired) electrons. The van der Waals surface area contributed by atoms with Crippen molar-refractivity contribution in [2.45, 2.75) is 31.9 Å². The van der Waals surface area contributed by atoms with Crippen LogP contribution in [0.4, 0.5) is 13.2 Å². The van der Waals surface area contributed by atoms with Crippen LogP contribution >= 0.6 is 24.0 Å². The van der Waals surface area contributed by atoms with Gasteiger partial charge in [0.05, 0.1) is 12.7 Å². The molecule has 2 atom stereocenters. The molecule has 2 aliphatic heterocycles. The van der Waals surface area contributed by atoms with Crippen LogP contribution in [0.3, 0.4) is 0 Å². The number of nitrogens with zero attached hydrogens (tertiary/aromatic N) is 5. The maximum atomic E-state index is 12.5. The highest BCUT2D eigenvalue weighted by molar-refractivity contribution is 14.0. The molecule has 3 rings (SSSR count). The first-order valence-corrected chi connectivity index (χ1v) is 9.65. The Labute approximate surface area is 181 Å². The van der Waals surface area contributed by atoms with Crippen molar-refractivity contribution < 1.29 is 13.2 Å². The second-order valence-electron chi connectivity index (χ2n) is 7.58. The summed E-state index contributed by atoms with van der Waals surface area (Å²) in [7, 11) is 1.92. The second-order valence-corrected chi connectivity index (χ2v) is 7.58. The summed E-state index contributed by atoms with van der Waals surface area (Å²) in [6, 6.07) is 0. The van der Waals surface area contributed by atoms with E-state index < -0.39 is 12.7 Å². The van der Waals surface area contributed by atoms with Gasteiger partial charge in [0.2, 0.25) is 0 Å². The predicted molar refractivity (Wildman–Crippen MR) is 114 cm³/mol. The van der Waals surface area contributed by atoms with Gasteiger partial charge in [0.1, 0.15) is 0 Å². The minimum Gasteiger partial charge on any atom is -0.357 e. The lowest BCUT2D eigenvalue weighted by molar-refractivity contribution is -0.143. The highest BCUT2D eigenvalue weighted by Gasteiger charge is 2.34. The van der Waals surface area contributed by atoms with Gasteiger partial charge in [0.15, 0.2) is 5.96 Å². The fourth-order valence-electron chi connectivity index (χ4n) is 3.98. The zero-order valence-electron chi connectivity index (χ0n) is 16.5. The average molecular weight is 514 g/mol. The third kappa shape index (κ3) is 6.50. The van der Waals surface area contributed by atoms with Gasteiger partial charge in [0.25, 0.3) is 0 Å². The Morgan fingerprint density at radius 2 is 2.07 bits per heavy atom. The summed E-state index contributed by atoms with van der Waals surface area (Å²) >= 11 is 0. The van der Waals surface area contributed by atoms with E-state index in [1.165, 1.54) is 10.5 Å². The number of rotatable bonds is 5. The smallest absolute Gasteiger partial charge is 0.357 e. The Kier molecular flexibility index (Phi) is 8.41. The molecule has 2 fully saturated rings. The number of aryl methyl sites for hydroxylation is 1. The van der Waals surface area contributed by atoms with Gasteiger partial charge in [-0.1, -0.05) is 0 Å². The van der Waals surface area contributed by atoms with Crippen molar-refractivity contribution in [3.05, 3.63) is 18.0 Å². The Hall–Kier alpha value is -1.04. The third-order valence-corrected chi connectivity index (χ3v) is 5.29. The molecular formula is C18H30F3IN6. The van der Waals surface area contributed by atoms with E-state index >= 15 is 0 Å². The van der Waals surface area contributed by atoms with Crippen LogP contribution in [0.15, 0.2) is 17.4 Å². The van der Waals surface area contributed by atoms with Gasteiger partial charge in [-0.3, -0.25) is 14.6 Å². The number of guanidine groups is 1. The molecule has 0 amide bonds. The van der Waals surface area contributed by atoms with Gasteiger partial charge in [-0.05, 0) is 37.8 Å². The van der Waals surface area contributed by atoms with Gasteiger partial charge in [-0.25, -0.2) is 0 Å². The summed E-state index contributed by atoms with van der Waals surface area (Å²) in [5.74, 6) is 1.51. The average Bonchev–Trinajstić information content (AvgIpc) is 3.30. The minimum atomic E-state index is -4.12. The van der Waals surface area contributed by atoms with Crippen molar-refractivity contribution in [3.63, 3.8) is 0 Å². The number of aromatic nitrogens is 2. The normalized spacial score (nSPS) is 23.9. The highest BCUT2D eigenvalue weighted by Crippen LogP contribution is 2.27. The van der Waals surface area contributed by atoms with E-state index in [0.717, 1.165) is 38.4 Å². The van der Waals surface area contributed by atoms with Crippen LogP contribution in [0.1, 0.15) is 31.2 Å². The molecule has 2 saturated heterocycles. The molecule has 10 heteroatoms. The Bertz CT molecular complexity index is 648. The second kappa shape index (κ2) is 10.1. The molecule has 0 saturated carbocycles. The number of aliphatic imine (C=N–C) groups is 1. The Balaban J connectivity index is 0.00000280. The van der Waals surface area contributed by atoms with E-state index in [1.807, 2.05) is 24.9 Å². The van der Waals surface area contributed by atoms with Gasteiger partial charge in [-0.15, -0.1) is 24.0 Å². The Morgan fingerprint density at radius 3 is 2.71 bits per heavy atom. The van der Waals surface area contributed by atoms with Crippen LogP contribution in [0.25, 0.3) is 0 Å². The van der Waals surface area contributed by atoms with Crippen LogP contribution in [0.5, 0.6) is 0 Å². The van der Waals surface area contributed by atoms with Gasteiger partial charge in [-0.2, -0.15) is 18.3 Å². The monoisotopic (exact) mass is 514 g/mol. The summed E-state index contributed by atoms with van der Waals surface area (Å²) in [5, 5.41) is 7.59. The molecule has 0 aliphatic carbocycles. The first-order valence-electron chi connectivity index (χ1n) is 9.65. The Morgan fingerprint density at radius 1 is 1.29 bits per heavy atom. The topological polar surface area (TPSA) is 48.7 Å². The number of alkyl halides is 3. The van der Waals surface area contributed by atoms with Gasteiger partial charge in [0, 0.05) is 51.9 Å². The fraction of sp³-hybridized carbons (Fsp3) is 0.778. The maximum absolute atomic E-state index is 12.5. The number of nitrogens with one attached hydrogen (secondary N) is 1. The zero-order chi connectivity index (χ0) is 19.4. The summed E-state index contributed by atoms with van der Waals surface area (Å²) < 4.78 is 39.4. The quantitative estimate of drug-likeness (QED) is 0.373. The van der Waals surface area contributed by atoms with Crippen molar-refractivity contribution in [3.8, 4) is 0 Å². The zero-order valence-corrected chi connectivity index (χ0v) is 18.8. The van der Waals surface area contributed by atoms with E-state index in [-0.39, 0.29) is 29.9 Å². The van der Waals surface area contributed by atoms with Crippen molar-refractivity contribution in [2.24, 2.45) is 18.0 Å². The van der Waals surface area contributed by atoms with Crippen LogP contribution in [0.2, 0.25) is 0 Å².